The first-order valence-corrected chi connectivity index (χ1v) is 6.31. The first-order chi connectivity index (χ1) is 9.46. The highest BCUT2D eigenvalue weighted by atomic mass is 16.8. The van der Waals surface area contributed by atoms with Crippen molar-refractivity contribution in [1.29, 1.82) is 0 Å². The number of alkyl carbamates (subject to hydrolysis) is 1. The number of benzene rings is 1. The molecule has 1 unspecified atom stereocenters. The summed E-state index contributed by atoms with van der Waals surface area (Å²) < 4.78 is 15.3. The number of esters is 1. The van der Waals surface area contributed by atoms with Gasteiger partial charge >= 0.3 is 12.1 Å². The van der Waals surface area contributed by atoms with Crippen molar-refractivity contribution in [3.05, 3.63) is 35.9 Å². The van der Waals surface area contributed by atoms with Crippen LogP contribution in [0.1, 0.15) is 19.4 Å². The van der Waals surface area contributed by atoms with E-state index in [-0.39, 0.29) is 13.2 Å². The van der Waals surface area contributed by atoms with Gasteiger partial charge in [-0.1, -0.05) is 30.3 Å². The molecule has 1 aromatic carbocycles. The van der Waals surface area contributed by atoms with Crippen molar-refractivity contribution >= 4 is 12.1 Å². The number of carbonyl (C=O) groups excluding carboxylic acids is 2. The summed E-state index contributed by atoms with van der Waals surface area (Å²) in [5.41, 5.74) is 0.889. The Morgan fingerprint density at radius 2 is 2.05 bits per heavy atom. The van der Waals surface area contributed by atoms with E-state index in [2.05, 4.69) is 5.32 Å². The summed E-state index contributed by atoms with van der Waals surface area (Å²) in [6.07, 6.45) is -1.40. The topological polar surface area (TPSA) is 73.9 Å². The molecule has 0 spiro atoms. The second-order valence-corrected chi connectivity index (χ2v) is 4.87. The molecule has 1 saturated heterocycles. The predicted molar refractivity (Wildman–Crippen MR) is 69.7 cm³/mol. The first-order valence-electron chi connectivity index (χ1n) is 6.31. The summed E-state index contributed by atoms with van der Waals surface area (Å²) >= 11 is 0. The lowest BCUT2D eigenvalue weighted by Gasteiger charge is -2.15. The SMILES string of the molecule is CC1(C)OC(=O)C(CNC(=O)OCc2ccccc2)O1. The van der Waals surface area contributed by atoms with Gasteiger partial charge in [-0.05, 0) is 5.56 Å². The molecule has 0 radical (unpaired) electrons. The molecule has 6 nitrogen and oxygen atoms in total. The van der Waals surface area contributed by atoms with Crippen LogP contribution in [0.5, 0.6) is 0 Å². The molecule has 1 aliphatic heterocycles. The van der Waals surface area contributed by atoms with Gasteiger partial charge < -0.3 is 19.5 Å². The lowest BCUT2D eigenvalue weighted by molar-refractivity contribution is -0.160. The largest absolute Gasteiger partial charge is 0.445 e. The molecule has 0 aliphatic carbocycles. The highest BCUT2D eigenvalue weighted by Gasteiger charge is 2.41. The summed E-state index contributed by atoms with van der Waals surface area (Å²) in [6, 6.07) is 9.32. The molecule has 1 atom stereocenters. The molecule has 1 aliphatic rings. The van der Waals surface area contributed by atoms with Gasteiger partial charge in [0.25, 0.3) is 0 Å². The van der Waals surface area contributed by atoms with Crippen molar-refractivity contribution in [3.8, 4) is 0 Å². The quantitative estimate of drug-likeness (QED) is 0.847. The summed E-state index contributed by atoms with van der Waals surface area (Å²) in [5, 5.41) is 2.48. The van der Waals surface area contributed by atoms with Crippen molar-refractivity contribution in [2.24, 2.45) is 0 Å². The van der Waals surface area contributed by atoms with Crippen LogP contribution in [0.4, 0.5) is 4.79 Å². The zero-order valence-corrected chi connectivity index (χ0v) is 11.4. The van der Waals surface area contributed by atoms with Crippen LogP contribution >= 0.6 is 0 Å². The number of carbonyl (C=O) groups is 2. The van der Waals surface area contributed by atoms with Crippen LogP contribution in [0.15, 0.2) is 30.3 Å². The smallest absolute Gasteiger partial charge is 0.407 e. The molecule has 20 heavy (non-hydrogen) atoms. The molecule has 6 heteroatoms. The fraction of sp³-hybridized carbons (Fsp3) is 0.429. The van der Waals surface area contributed by atoms with Gasteiger partial charge in [0.2, 0.25) is 5.79 Å². The van der Waals surface area contributed by atoms with Crippen LogP contribution in [0.25, 0.3) is 0 Å². The van der Waals surface area contributed by atoms with E-state index >= 15 is 0 Å². The monoisotopic (exact) mass is 279 g/mol. The maximum atomic E-state index is 11.5. The first kappa shape index (κ1) is 14.3. The third-order valence-electron chi connectivity index (χ3n) is 2.68. The average Bonchev–Trinajstić information content (AvgIpc) is 2.68. The molecule has 0 aromatic heterocycles. The lowest BCUT2D eigenvalue weighted by Crippen LogP contribution is -2.36. The Balaban J connectivity index is 1.72. The van der Waals surface area contributed by atoms with Crippen LogP contribution < -0.4 is 5.32 Å². The van der Waals surface area contributed by atoms with Crippen molar-refractivity contribution < 1.29 is 23.8 Å². The average molecular weight is 279 g/mol. The van der Waals surface area contributed by atoms with E-state index in [4.69, 9.17) is 14.2 Å². The summed E-state index contributed by atoms with van der Waals surface area (Å²) in [5.74, 6) is -1.43. The normalized spacial score (nSPS) is 20.3. The second-order valence-electron chi connectivity index (χ2n) is 4.87. The number of hydrogen-bond acceptors (Lipinski definition) is 5. The molecular formula is C14H17NO5. The maximum absolute atomic E-state index is 11.5. The highest BCUT2D eigenvalue weighted by Crippen LogP contribution is 2.22. The van der Waals surface area contributed by atoms with E-state index < -0.39 is 24.0 Å². The van der Waals surface area contributed by atoms with Crippen molar-refractivity contribution in [2.75, 3.05) is 6.54 Å². The maximum Gasteiger partial charge on any atom is 0.407 e. The van der Waals surface area contributed by atoms with Gasteiger partial charge in [-0.25, -0.2) is 9.59 Å². The van der Waals surface area contributed by atoms with Gasteiger partial charge in [0.1, 0.15) is 6.61 Å². The van der Waals surface area contributed by atoms with Crippen LogP contribution in [-0.4, -0.2) is 30.5 Å². The number of amides is 1. The van der Waals surface area contributed by atoms with Gasteiger partial charge in [0, 0.05) is 13.8 Å². The molecule has 1 N–H and O–H groups in total. The summed E-state index contributed by atoms with van der Waals surface area (Å²) in [7, 11) is 0. The number of hydrogen-bond donors (Lipinski definition) is 1. The zero-order valence-electron chi connectivity index (χ0n) is 11.4. The Bertz CT molecular complexity index is 486. The minimum Gasteiger partial charge on any atom is -0.445 e. The van der Waals surface area contributed by atoms with E-state index in [0.717, 1.165) is 5.56 Å². The van der Waals surface area contributed by atoms with Gasteiger partial charge in [-0.15, -0.1) is 0 Å². The Labute approximate surface area is 117 Å². The second kappa shape index (κ2) is 5.92. The molecule has 1 heterocycles. The number of ether oxygens (including phenoxy) is 3. The molecule has 1 amide bonds. The van der Waals surface area contributed by atoms with E-state index in [1.807, 2.05) is 30.3 Å². The van der Waals surface area contributed by atoms with Crippen LogP contribution in [0.3, 0.4) is 0 Å². The molecular weight excluding hydrogens is 262 g/mol. The van der Waals surface area contributed by atoms with Crippen LogP contribution in [0.2, 0.25) is 0 Å². The van der Waals surface area contributed by atoms with Crippen LogP contribution in [-0.2, 0) is 25.6 Å². The fourth-order valence-corrected chi connectivity index (χ4v) is 1.80. The van der Waals surface area contributed by atoms with E-state index in [0.29, 0.717) is 0 Å². The summed E-state index contributed by atoms with van der Waals surface area (Å²) in [6.45, 7) is 3.47. The minimum absolute atomic E-state index is 0.0237. The minimum atomic E-state index is -0.947. The van der Waals surface area contributed by atoms with Gasteiger partial charge in [-0.3, -0.25) is 0 Å². The number of cyclic esters (lactones) is 1. The van der Waals surface area contributed by atoms with Crippen LogP contribution in [0, 0.1) is 0 Å². The van der Waals surface area contributed by atoms with Gasteiger partial charge in [0.15, 0.2) is 6.10 Å². The molecule has 2 rings (SSSR count). The van der Waals surface area contributed by atoms with Crippen molar-refractivity contribution in [2.45, 2.75) is 32.3 Å². The molecule has 1 aromatic rings. The van der Waals surface area contributed by atoms with Crippen molar-refractivity contribution in [3.63, 3.8) is 0 Å². The molecule has 108 valence electrons. The third kappa shape index (κ3) is 3.96. The zero-order chi connectivity index (χ0) is 14.6. The number of rotatable bonds is 4. The predicted octanol–water partition coefficient (Wildman–Crippen LogP) is 1.59. The van der Waals surface area contributed by atoms with Gasteiger partial charge in [0.05, 0.1) is 6.54 Å². The lowest BCUT2D eigenvalue weighted by atomic mass is 10.2. The Kier molecular flexibility index (Phi) is 4.24. The molecule has 0 bridgehead atoms. The molecule has 0 saturated carbocycles. The fourth-order valence-electron chi connectivity index (χ4n) is 1.80. The standard InChI is InChI=1S/C14H17NO5/c1-14(2)19-11(12(16)20-14)8-15-13(17)18-9-10-6-4-3-5-7-10/h3-7,11H,8-9H2,1-2H3,(H,15,17). The summed E-state index contributed by atoms with van der Waals surface area (Å²) in [4.78, 5) is 22.9. The van der Waals surface area contributed by atoms with E-state index in [1.165, 1.54) is 0 Å². The Hall–Kier alpha value is -2.08. The Morgan fingerprint density at radius 1 is 1.35 bits per heavy atom. The van der Waals surface area contributed by atoms with E-state index in [1.54, 1.807) is 13.8 Å². The third-order valence-corrected chi connectivity index (χ3v) is 2.68. The Morgan fingerprint density at radius 3 is 2.65 bits per heavy atom. The van der Waals surface area contributed by atoms with E-state index in [9.17, 15) is 9.59 Å². The molecule has 1 fully saturated rings. The highest BCUT2D eigenvalue weighted by molar-refractivity contribution is 5.78. The van der Waals surface area contributed by atoms with Crippen molar-refractivity contribution in [1.82, 2.24) is 5.32 Å². The van der Waals surface area contributed by atoms with Gasteiger partial charge in [-0.2, -0.15) is 0 Å². The number of nitrogens with one attached hydrogen (secondary N) is 1.